The SMILES string of the molecule is Cc1nn(C)c(CN[C@H](C)c2ccncc2)c1Br. The minimum atomic E-state index is 0.287. The molecule has 0 aliphatic carbocycles. The van der Waals surface area contributed by atoms with Gasteiger partial charge >= 0.3 is 0 Å². The van der Waals surface area contributed by atoms with Crippen LogP contribution < -0.4 is 5.32 Å². The minimum absolute atomic E-state index is 0.287. The van der Waals surface area contributed by atoms with Crippen molar-refractivity contribution in [3.8, 4) is 0 Å². The summed E-state index contributed by atoms with van der Waals surface area (Å²) < 4.78 is 2.99. The van der Waals surface area contributed by atoms with E-state index in [-0.39, 0.29) is 6.04 Å². The molecule has 0 bridgehead atoms. The Labute approximate surface area is 116 Å². The average molecular weight is 309 g/mol. The number of rotatable bonds is 4. The zero-order valence-electron chi connectivity index (χ0n) is 10.8. The van der Waals surface area contributed by atoms with Gasteiger partial charge in [0.15, 0.2) is 0 Å². The molecule has 1 N–H and O–H groups in total. The molecule has 0 unspecified atom stereocenters. The molecule has 0 aromatic carbocycles. The molecule has 0 aliphatic heterocycles. The van der Waals surface area contributed by atoms with Gasteiger partial charge in [0.2, 0.25) is 0 Å². The van der Waals surface area contributed by atoms with Crippen molar-refractivity contribution in [3.05, 3.63) is 46.0 Å². The Kier molecular flexibility index (Phi) is 4.14. The van der Waals surface area contributed by atoms with Gasteiger partial charge in [0.05, 0.1) is 15.9 Å². The Morgan fingerprint density at radius 2 is 2.06 bits per heavy atom. The molecule has 0 aliphatic rings. The molecule has 1 atom stereocenters. The summed E-state index contributed by atoms with van der Waals surface area (Å²) in [6.07, 6.45) is 3.63. The van der Waals surface area contributed by atoms with E-state index in [2.05, 4.69) is 38.3 Å². The van der Waals surface area contributed by atoms with E-state index in [1.807, 2.05) is 43.2 Å². The van der Waals surface area contributed by atoms with Gasteiger partial charge in [-0.3, -0.25) is 9.67 Å². The summed E-state index contributed by atoms with van der Waals surface area (Å²) in [4.78, 5) is 4.03. The molecule has 0 saturated heterocycles. The number of nitrogens with one attached hydrogen (secondary N) is 1. The predicted molar refractivity (Wildman–Crippen MR) is 75.1 cm³/mol. The second-order valence-corrected chi connectivity index (χ2v) is 5.15. The fourth-order valence-corrected chi connectivity index (χ4v) is 2.37. The maximum atomic E-state index is 4.38. The van der Waals surface area contributed by atoms with Gasteiger partial charge in [0.1, 0.15) is 0 Å². The molecule has 2 aromatic rings. The number of pyridine rings is 1. The largest absolute Gasteiger partial charge is 0.305 e. The van der Waals surface area contributed by atoms with E-state index < -0.39 is 0 Å². The molecule has 0 radical (unpaired) electrons. The second kappa shape index (κ2) is 5.63. The fraction of sp³-hybridized carbons (Fsp3) is 0.385. The molecule has 0 spiro atoms. The molecular weight excluding hydrogens is 292 g/mol. The highest BCUT2D eigenvalue weighted by atomic mass is 79.9. The third-order valence-corrected chi connectivity index (χ3v) is 4.07. The molecule has 2 rings (SSSR count). The highest BCUT2D eigenvalue weighted by Gasteiger charge is 2.12. The monoisotopic (exact) mass is 308 g/mol. The van der Waals surface area contributed by atoms with Crippen LogP contribution in [0.25, 0.3) is 0 Å². The third kappa shape index (κ3) is 2.79. The number of aromatic nitrogens is 3. The van der Waals surface area contributed by atoms with Gasteiger partial charge in [-0.2, -0.15) is 5.10 Å². The van der Waals surface area contributed by atoms with Crippen LogP contribution in [0.3, 0.4) is 0 Å². The third-order valence-electron chi connectivity index (χ3n) is 3.04. The van der Waals surface area contributed by atoms with Gasteiger partial charge in [-0.1, -0.05) is 0 Å². The zero-order chi connectivity index (χ0) is 13.1. The summed E-state index contributed by atoms with van der Waals surface area (Å²) >= 11 is 3.57. The first-order valence-electron chi connectivity index (χ1n) is 5.91. The lowest BCUT2D eigenvalue weighted by molar-refractivity contribution is 0.546. The van der Waals surface area contributed by atoms with Crippen molar-refractivity contribution in [3.63, 3.8) is 0 Å². The maximum Gasteiger partial charge on any atom is 0.0739 e. The summed E-state index contributed by atoms with van der Waals surface area (Å²) in [6.45, 7) is 4.92. The van der Waals surface area contributed by atoms with Crippen molar-refractivity contribution in [2.75, 3.05) is 0 Å². The second-order valence-electron chi connectivity index (χ2n) is 4.35. The number of hydrogen-bond donors (Lipinski definition) is 1. The Morgan fingerprint density at radius 1 is 1.39 bits per heavy atom. The van der Waals surface area contributed by atoms with Crippen LogP contribution in [0.2, 0.25) is 0 Å². The van der Waals surface area contributed by atoms with Crippen molar-refractivity contribution in [1.29, 1.82) is 0 Å². The van der Waals surface area contributed by atoms with Gasteiger partial charge in [0, 0.05) is 32.0 Å². The molecular formula is C13H17BrN4. The Morgan fingerprint density at radius 3 is 2.61 bits per heavy atom. The lowest BCUT2D eigenvalue weighted by Crippen LogP contribution is -2.20. The van der Waals surface area contributed by atoms with Crippen molar-refractivity contribution in [2.24, 2.45) is 7.05 Å². The summed E-state index contributed by atoms with van der Waals surface area (Å²) in [5.41, 5.74) is 3.42. The standard InChI is InChI=1S/C13H17BrN4/c1-9(11-4-6-15-7-5-11)16-8-12-13(14)10(2)17-18(12)3/h4-7,9,16H,8H2,1-3H3/t9-/m1/s1. The van der Waals surface area contributed by atoms with Crippen LogP contribution in [0.4, 0.5) is 0 Å². The first-order valence-corrected chi connectivity index (χ1v) is 6.70. The summed E-state index contributed by atoms with van der Waals surface area (Å²) in [5, 5.41) is 7.87. The normalized spacial score (nSPS) is 12.7. The first kappa shape index (κ1) is 13.2. The zero-order valence-corrected chi connectivity index (χ0v) is 12.4. The quantitative estimate of drug-likeness (QED) is 0.944. The van der Waals surface area contributed by atoms with E-state index in [9.17, 15) is 0 Å². The van der Waals surface area contributed by atoms with Crippen molar-refractivity contribution in [2.45, 2.75) is 26.4 Å². The van der Waals surface area contributed by atoms with Gasteiger partial charge < -0.3 is 5.32 Å². The van der Waals surface area contributed by atoms with E-state index >= 15 is 0 Å². The Balaban J connectivity index is 2.04. The number of halogens is 1. The van der Waals surface area contributed by atoms with Crippen molar-refractivity contribution >= 4 is 15.9 Å². The highest BCUT2D eigenvalue weighted by Crippen LogP contribution is 2.21. The molecule has 0 amide bonds. The lowest BCUT2D eigenvalue weighted by Gasteiger charge is -2.14. The Hall–Kier alpha value is -1.20. The van der Waals surface area contributed by atoms with Crippen LogP contribution in [-0.4, -0.2) is 14.8 Å². The molecule has 96 valence electrons. The molecule has 0 saturated carbocycles. The average Bonchev–Trinajstić information content (AvgIpc) is 2.62. The van der Waals surface area contributed by atoms with Crippen LogP contribution in [0.5, 0.6) is 0 Å². The maximum absolute atomic E-state index is 4.38. The van der Waals surface area contributed by atoms with E-state index in [0.29, 0.717) is 0 Å². The summed E-state index contributed by atoms with van der Waals surface area (Å²) in [7, 11) is 1.96. The van der Waals surface area contributed by atoms with Crippen molar-refractivity contribution < 1.29 is 0 Å². The number of nitrogens with zero attached hydrogens (tertiary/aromatic N) is 3. The van der Waals surface area contributed by atoms with Crippen molar-refractivity contribution in [1.82, 2.24) is 20.1 Å². The number of aryl methyl sites for hydroxylation is 2. The van der Waals surface area contributed by atoms with Crippen LogP contribution >= 0.6 is 15.9 Å². The van der Waals surface area contributed by atoms with Crippen LogP contribution in [0, 0.1) is 6.92 Å². The topological polar surface area (TPSA) is 42.7 Å². The summed E-state index contributed by atoms with van der Waals surface area (Å²) in [5.74, 6) is 0. The predicted octanol–water partition coefficient (Wildman–Crippen LogP) is 2.74. The highest BCUT2D eigenvalue weighted by molar-refractivity contribution is 9.10. The molecule has 2 heterocycles. The fourth-order valence-electron chi connectivity index (χ4n) is 1.89. The van der Waals surface area contributed by atoms with E-state index in [1.165, 1.54) is 5.56 Å². The van der Waals surface area contributed by atoms with E-state index in [4.69, 9.17) is 0 Å². The van der Waals surface area contributed by atoms with Gasteiger partial charge in [-0.15, -0.1) is 0 Å². The van der Waals surface area contributed by atoms with Crippen LogP contribution in [0.15, 0.2) is 29.0 Å². The molecule has 4 nitrogen and oxygen atoms in total. The molecule has 5 heteroatoms. The van der Waals surface area contributed by atoms with E-state index in [0.717, 1.165) is 22.4 Å². The number of hydrogen-bond acceptors (Lipinski definition) is 3. The molecule has 0 fully saturated rings. The first-order chi connectivity index (χ1) is 8.59. The lowest BCUT2D eigenvalue weighted by atomic mass is 10.1. The smallest absolute Gasteiger partial charge is 0.0739 e. The Bertz CT molecular complexity index is 521. The van der Waals surface area contributed by atoms with Gasteiger partial charge in [0.25, 0.3) is 0 Å². The van der Waals surface area contributed by atoms with Crippen LogP contribution in [-0.2, 0) is 13.6 Å². The molecule has 2 aromatic heterocycles. The van der Waals surface area contributed by atoms with Crippen LogP contribution in [0.1, 0.15) is 29.9 Å². The minimum Gasteiger partial charge on any atom is -0.305 e. The summed E-state index contributed by atoms with van der Waals surface area (Å²) in [6, 6.07) is 4.35. The van der Waals surface area contributed by atoms with E-state index in [1.54, 1.807) is 0 Å². The van der Waals surface area contributed by atoms with Gasteiger partial charge in [-0.05, 0) is 47.5 Å². The molecule has 18 heavy (non-hydrogen) atoms. The van der Waals surface area contributed by atoms with Gasteiger partial charge in [-0.25, -0.2) is 0 Å².